The van der Waals surface area contributed by atoms with Crippen molar-refractivity contribution in [1.82, 2.24) is 30.1 Å². The van der Waals surface area contributed by atoms with Crippen molar-refractivity contribution >= 4 is 11.8 Å². The third-order valence-corrected chi connectivity index (χ3v) is 6.26. The number of hydrogen-bond donors (Lipinski definition) is 1. The molecule has 1 aromatic heterocycles. The summed E-state index contributed by atoms with van der Waals surface area (Å²) in [6.07, 6.45) is 1.22. The van der Waals surface area contributed by atoms with Crippen LogP contribution in [0, 0.1) is 12.8 Å². The van der Waals surface area contributed by atoms with Crippen molar-refractivity contribution in [1.29, 1.82) is 0 Å². The molecule has 1 aromatic carbocycles. The molecule has 0 spiro atoms. The standard InChI is InChI=1S/C23H32N6O3/c1-16-4-6-17(7-5-16)20-14-29-19(15-32-20)21(25-26-29)23(31)28-11-8-18(9-12-28)22(30)24-10-13-27(2)3/h4-7,18,20H,8-15H2,1-3H3,(H,24,30). The maximum Gasteiger partial charge on any atom is 0.276 e. The van der Waals surface area contributed by atoms with Crippen molar-refractivity contribution in [3.63, 3.8) is 0 Å². The van der Waals surface area contributed by atoms with E-state index in [1.807, 2.05) is 19.0 Å². The van der Waals surface area contributed by atoms with Crippen LogP contribution in [0.25, 0.3) is 0 Å². The fraction of sp³-hybridized carbons (Fsp3) is 0.565. The van der Waals surface area contributed by atoms with E-state index in [4.69, 9.17) is 4.74 Å². The maximum atomic E-state index is 13.1. The van der Waals surface area contributed by atoms with Crippen LogP contribution >= 0.6 is 0 Å². The van der Waals surface area contributed by atoms with Crippen LogP contribution in [0.4, 0.5) is 0 Å². The normalized spacial score (nSPS) is 19.1. The second kappa shape index (κ2) is 9.79. The number of piperidine rings is 1. The number of hydrogen-bond acceptors (Lipinski definition) is 6. The molecule has 1 saturated heterocycles. The van der Waals surface area contributed by atoms with E-state index in [2.05, 4.69) is 46.8 Å². The molecule has 9 nitrogen and oxygen atoms in total. The highest BCUT2D eigenvalue weighted by Crippen LogP contribution is 2.28. The van der Waals surface area contributed by atoms with Gasteiger partial charge in [0.05, 0.1) is 18.8 Å². The monoisotopic (exact) mass is 440 g/mol. The number of fused-ring (bicyclic) bond motifs is 1. The van der Waals surface area contributed by atoms with Gasteiger partial charge in [-0.25, -0.2) is 4.68 Å². The molecule has 4 rings (SSSR count). The van der Waals surface area contributed by atoms with Crippen LogP contribution in [0.3, 0.4) is 0 Å². The van der Waals surface area contributed by atoms with Crippen LogP contribution in [0.2, 0.25) is 0 Å². The Labute approximate surface area is 188 Å². The molecule has 2 aromatic rings. The number of nitrogens with one attached hydrogen (secondary N) is 1. The summed E-state index contributed by atoms with van der Waals surface area (Å²) in [4.78, 5) is 29.3. The molecule has 2 aliphatic rings. The highest BCUT2D eigenvalue weighted by Gasteiger charge is 2.33. The minimum Gasteiger partial charge on any atom is -0.365 e. The van der Waals surface area contributed by atoms with Gasteiger partial charge in [0.15, 0.2) is 5.69 Å². The SMILES string of the molecule is Cc1ccc(C2Cn3nnc(C(=O)N4CCC(C(=O)NCCN(C)C)CC4)c3CO2)cc1. The second-order valence-electron chi connectivity index (χ2n) is 8.94. The van der Waals surface area contributed by atoms with Crippen LogP contribution in [0.1, 0.15) is 46.3 Å². The van der Waals surface area contributed by atoms with Crippen LogP contribution in [-0.2, 0) is 22.7 Å². The van der Waals surface area contributed by atoms with Gasteiger partial charge in [0, 0.05) is 32.1 Å². The smallest absolute Gasteiger partial charge is 0.276 e. The summed E-state index contributed by atoms with van der Waals surface area (Å²) in [6.45, 7) is 5.44. The summed E-state index contributed by atoms with van der Waals surface area (Å²) >= 11 is 0. The van der Waals surface area contributed by atoms with Crippen molar-refractivity contribution in [2.75, 3.05) is 40.3 Å². The van der Waals surface area contributed by atoms with Gasteiger partial charge in [-0.05, 0) is 39.4 Å². The molecule has 1 atom stereocenters. The molecule has 1 N–H and O–H groups in total. The Bertz CT molecular complexity index is 947. The van der Waals surface area contributed by atoms with E-state index in [0.717, 1.165) is 17.8 Å². The lowest BCUT2D eigenvalue weighted by atomic mass is 9.95. The molecule has 1 unspecified atom stereocenters. The first-order chi connectivity index (χ1) is 15.4. The largest absolute Gasteiger partial charge is 0.365 e. The summed E-state index contributed by atoms with van der Waals surface area (Å²) in [5.74, 6) is -0.0977. The number of aryl methyl sites for hydroxylation is 1. The minimum atomic E-state index is -0.130. The van der Waals surface area contributed by atoms with Gasteiger partial charge < -0.3 is 19.9 Å². The highest BCUT2D eigenvalue weighted by molar-refractivity contribution is 5.93. The minimum absolute atomic E-state index is 0.0474. The highest BCUT2D eigenvalue weighted by atomic mass is 16.5. The number of likely N-dealkylation sites (tertiary alicyclic amines) is 1. The molecule has 0 aliphatic carbocycles. The molecule has 1 fully saturated rings. The van der Waals surface area contributed by atoms with Crippen molar-refractivity contribution in [2.45, 2.75) is 39.0 Å². The topological polar surface area (TPSA) is 92.6 Å². The van der Waals surface area contributed by atoms with Crippen LogP contribution in [0.5, 0.6) is 0 Å². The second-order valence-corrected chi connectivity index (χ2v) is 8.94. The zero-order valence-corrected chi connectivity index (χ0v) is 19.1. The fourth-order valence-corrected chi connectivity index (χ4v) is 4.20. The predicted molar refractivity (Wildman–Crippen MR) is 119 cm³/mol. The summed E-state index contributed by atoms with van der Waals surface area (Å²) in [6, 6.07) is 8.26. The van der Waals surface area contributed by atoms with E-state index in [1.54, 1.807) is 9.58 Å². The number of ether oxygens (including phenoxy) is 1. The molecule has 2 aliphatic heterocycles. The lowest BCUT2D eigenvalue weighted by Gasteiger charge is -2.31. The first kappa shape index (κ1) is 22.4. The van der Waals surface area contributed by atoms with Gasteiger partial charge in [0.1, 0.15) is 6.10 Å². The number of nitrogens with zero attached hydrogens (tertiary/aromatic N) is 5. The average Bonchev–Trinajstić information content (AvgIpc) is 3.22. The number of amides is 2. The Kier molecular flexibility index (Phi) is 6.86. The molecule has 32 heavy (non-hydrogen) atoms. The number of carbonyl (C=O) groups excluding carboxylic acids is 2. The third kappa shape index (κ3) is 4.99. The van der Waals surface area contributed by atoms with E-state index in [9.17, 15) is 9.59 Å². The van der Waals surface area contributed by atoms with E-state index in [-0.39, 0.29) is 23.8 Å². The first-order valence-corrected chi connectivity index (χ1v) is 11.2. The Morgan fingerprint density at radius 1 is 1.19 bits per heavy atom. The van der Waals surface area contributed by atoms with Gasteiger partial charge in [-0.2, -0.15) is 0 Å². The number of carbonyl (C=O) groups is 2. The van der Waals surface area contributed by atoms with Gasteiger partial charge in [0.25, 0.3) is 5.91 Å². The Morgan fingerprint density at radius 3 is 2.59 bits per heavy atom. The summed E-state index contributed by atoms with van der Waals surface area (Å²) < 4.78 is 7.83. The van der Waals surface area contributed by atoms with E-state index < -0.39 is 0 Å². The Morgan fingerprint density at radius 2 is 1.91 bits per heavy atom. The zero-order chi connectivity index (χ0) is 22.7. The van der Waals surface area contributed by atoms with Gasteiger partial charge in [-0.3, -0.25) is 9.59 Å². The van der Waals surface area contributed by atoms with Crippen molar-refractivity contribution in [2.24, 2.45) is 5.92 Å². The van der Waals surface area contributed by atoms with Crippen LogP contribution in [-0.4, -0.2) is 76.9 Å². The van der Waals surface area contributed by atoms with Gasteiger partial charge in [-0.15, -0.1) is 5.10 Å². The van der Waals surface area contributed by atoms with E-state index in [1.165, 1.54) is 5.56 Å². The molecule has 0 radical (unpaired) electrons. The van der Waals surface area contributed by atoms with Gasteiger partial charge in [-0.1, -0.05) is 35.0 Å². The molecule has 9 heteroatoms. The first-order valence-electron chi connectivity index (χ1n) is 11.2. The number of aromatic nitrogens is 3. The molecule has 0 bridgehead atoms. The van der Waals surface area contributed by atoms with Crippen molar-refractivity contribution in [3.8, 4) is 0 Å². The average molecular weight is 441 g/mol. The third-order valence-electron chi connectivity index (χ3n) is 6.26. The molecular weight excluding hydrogens is 408 g/mol. The molecule has 2 amide bonds. The van der Waals surface area contributed by atoms with E-state index in [0.29, 0.717) is 51.3 Å². The molecular formula is C23H32N6O3. The van der Waals surface area contributed by atoms with Crippen molar-refractivity contribution < 1.29 is 14.3 Å². The molecule has 172 valence electrons. The Hall–Kier alpha value is -2.78. The fourth-order valence-electron chi connectivity index (χ4n) is 4.20. The van der Waals surface area contributed by atoms with Crippen LogP contribution < -0.4 is 5.32 Å². The number of rotatable bonds is 6. The summed E-state index contributed by atoms with van der Waals surface area (Å²) in [5.41, 5.74) is 3.38. The van der Waals surface area contributed by atoms with E-state index >= 15 is 0 Å². The molecule has 0 saturated carbocycles. The number of benzene rings is 1. The summed E-state index contributed by atoms with van der Waals surface area (Å²) in [7, 11) is 3.96. The quantitative estimate of drug-likeness (QED) is 0.730. The summed E-state index contributed by atoms with van der Waals surface area (Å²) in [5, 5.41) is 11.4. The lowest BCUT2D eigenvalue weighted by molar-refractivity contribution is -0.126. The lowest BCUT2D eigenvalue weighted by Crippen LogP contribution is -2.44. The molecule has 3 heterocycles. The van der Waals surface area contributed by atoms with Gasteiger partial charge >= 0.3 is 0 Å². The number of likely N-dealkylation sites (N-methyl/N-ethyl adjacent to an activating group) is 1. The van der Waals surface area contributed by atoms with Crippen LogP contribution in [0.15, 0.2) is 24.3 Å². The Balaban J connectivity index is 1.33. The predicted octanol–water partition coefficient (Wildman–Crippen LogP) is 1.39. The van der Waals surface area contributed by atoms with Crippen molar-refractivity contribution in [3.05, 3.63) is 46.8 Å². The van der Waals surface area contributed by atoms with Gasteiger partial charge in [0.2, 0.25) is 5.91 Å². The zero-order valence-electron chi connectivity index (χ0n) is 19.1. The maximum absolute atomic E-state index is 13.1.